The van der Waals surface area contributed by atoms with Crippen LogP contribution in [0.4, 0.5) is 5.69 Å². The van der Waals surface area contributed by atoms with Gasteiger partial charge >= 0.3 is 5.97 Å². The highest BCUT2D eigenvalue weighted by molar-refractivity contribution is 6.32. The van der Waals surface area contributed by atoms with Crippen molar-refractivity contribution in [2.24, 2.45) is 5.92 Å². The van der Waals surface area contributed by atoms with E-state index in [1.54, 1.807) is 0 Å². The quantitative estimate of drug-likeness (QED) is 0.470. The average Bonchev–Trinajstić information content (AvgIpc) is 2.34. The van der Waals surface area contributed by atoms with E-state index in [0.29, 0.717) is 12.5 Å². The monoisotopic (exact) mass is 301 g/mol. The number of hydrogen-bond donors (Lipinski definition) is 1. The number of rotatable bonds is 7. The van der Waals surface area contributed by atoms with E-state index in [1.165, 1.54) is 0 Å². The normalized spacial score (nSPS) is 10.6. The van der Waals surface area contributed by atoms with Crippen molar-refractivity contribution in [3.63, 3.8) is 0 Å². The Balaban J connectivity index is 2.94. The maximum Gasteiger partial charge on any atom is 0.339 e. The highest BCUT2D eigenvalue weighted by Gasteiger charge is 2.21. The van der Waals surface area contributed by atoms with Crippen LogP contribution in [0.25, 0.3) is 0 Å². The standard InChI is InChI=1S/C13H16ClNO5/c1-8(2)4-3-5-20-12-10(13(16)17)6-9(15(18)19)7-11(12)14/h6-8H,3-5H2,1-2H3,(H,16,17). The summed E-state index contributed by atoms with van der Waals surface area (Å²) in [5.41, 5.74) is -0.671. The number of carboxylic acid groups (broad SMARTS) is 1. The molecule has 20 heavy (non-hydrogen) atoms. The molecule has 110 valence electrons. The summed E-state index contributed by atoms with van der Waals surface area (Å²) in [6, 6.07) is 2.04. The van der Waals surface area contributed by atoms with Crippen molar-refractivity contribution in [2.75, 3.05) is 6.61 Å². The van der Waals surface area contributed by atoms with E-state index in [4.69, 9.17) is 21.4 Å². The number of carbonyl (C=O) groups is 1. The SMILES string of the molecule is CC(C)CCCOc1c(Cl)cc([N+](=O)[O-])cc1C(=O)O. The minimum absolute atomic E-state index is 0.0199. The van der Waals surface area contributed by atoms with Gasteiger partial charge in [0.15, 0.2) is 5.75 Å². The van der Waals surface area contributed by atoms with Crippen molar-refractivity contribution in [3.8, 4) is 5.75 Å². The molecule has 0 atom stereocenters. The summed E-state index contributed by atoms with van der Waals surface area (Å²) >= 11 is 5.87. The molecular weight excluding hydrogens is 286 g/mol. The highest BCUT2D eigenvalue weighted by Crippen LogP contribution is 2.33. The molecular formula is C13H16ClNO5. The summed E-state index contributed by atoms with van der Waals surface area (Å²) in [7, 11) is 0. The molecule has 0 bridgehead atoms. The zero-order valence-corrected chi connectivity index (χ0v) is 12.0. The van der Waals surface area contributed by atoms with E-state index in [0.717, 1.165) is 25.0 Å². The van der Waals surface area contributed by atoms with Crippen LogP contribution in [-0.4, -0.2) is 22.6 Å². The lowest BCUT2D eigenvalue weighted by Gasteiger charge is -2.11. The molecule has 0 saturated heterocycles. The van der Waals surface area contributed by atoms with Crippen LogP contribution in [-0.2, 0) is 0 Å². The number of aromatic carboxylic acids is 1. The van der Waals surface area contributed by atoms with Crippen molar-refractivity contribution in [3.05, 3.63) is 32.8 Å². The van der Waals surface area contributed by atoms with Gasteiger partial charge in [-0.2, -0.15) is 0 Å². The molecule has 0 fully saturated rings. The van der Waals surface area contributed by atoms with Gasteiger partial charge in [-0.25, -0.2) is 4.79 Å². The Morgan fingerprint density at radius 2 is 2.15 bits per heavy atom. The molecule has 0 radical (unpaired) electrons. The van der Waals surface area contributed by atoms with E-state index in [1.807, 2.05) is 0 Å². The van der Waals surface area contributed by atoms with E-state index in [-0.39, 0.29) is 22.0 Å². The van der Waals surface area contributed by atoms with Crippen LogP contribution in [0.15, 0.2) is 12.1 Å². The van der Waals surface area contributed by atoms with Crippen LogP contribution in [0.2, 0.25) is 5.02 Å². The van der Waals surface area contributed by atoms with Crippen LogP contribution < -0.4 is 4.74 Å². The molecule has 1 aromatic carbocycles. The molecule has 0 heterocycles. The Morgan fingerprint density at radius 3 is 2.65 bits per heavy atom. The average molecular weight is 302 g/mol. The number of nitrogens with zero attached hydrogens (tertiary/aromatic N) is 1. The van der Waals surface area contributed by atoms with Gasteiger partial charge in [-0.3, -0.25) is 10.1 Å². The van der Waals surface area contributed by atoms with Gasteiger partial charge in [0.25, 0.3) is 5.69 Å². The Hall–Kier alpha value is -1.82. The minimum Gasteiger partial charge on any atom is -0.491 e. The molecule has 1 rings (SSSR count). The van der Waals surface area contributed by atoms with Gasteiger partial charge in [0, 0.05) is 12.1 Å². The molecule has 1 aromatic rings. The summed E-state index contributed by atoms with van der Waals surface area (Å²) in [5, 5.41) is 19.7. The Bertz CT molecular complexity index is 516. The predicted molar refractivity (Wildman–Crippen MR) is 74.6 cm³/mol. The fraction of sp³-hybridized carbons (Fsp3) is 0.462. The van der Waals surface area contributed by atoms with E-state index < -0.39 is 10.9 Å². The fourth-order valence-electron chi connectivity index (χ4n) is 1.66. The summed E-state index contributed by atoms with van der Waals surface area (Å²) < 4.78 is 5.38. The lowest BCUT2D eigenvalue weighted by atomic mass is 10.1. The van der Waals surface area contributed by atoms with Crippen molar-refractivity contribution in [1.82, 2.24) is 0 Å². The first-order chi connectivity index (χ1) is 9.32. The van der Waals surface area contributed by atoms with E-state index >= 15 is 0 Å². The number of halogens is 1. The Morgan fingerprint density at radius 1 is 1.50 bits per heavy atom. The van der Waals surface area contributed by atoms with Crippen LogP contribution in [0.1, 0.15) is 37.0 Å². The summed E-state index contributed by atoms with van der Waals surface area (Å²) in [4.78, 5) is 21.1. The van der Waals surface area contributed by atoms with Crippen molar-refractivity contribution < 1.29 is 19.6 Å². The lowest BCUT2D eigenvalue weighted by Crippen LogP contribution is -2.07. The van der Waals surface area contributed by atoms with E-state index in [9.17, 15) is 14.9 Å². The Labute approximate surface area is 121 Å². The van der Waals surface area contributed by atoms with Gasteiger partial charge in [0.2, 0.25) is 0 Å². The molecule has 0 spiro atoms. The number of hydrogen-bond acceptors (Lipinski definition) is 4. The number of nitro benzene ring substituents is 1. The second-order valence-electron chi connectivity index (χ2n) is 4.75. The molecule has 0 amide bonds. The fourth-order valence-corrected chi connectivity index (χ4v) is 1.92. The summed E-state index contributed by atoms with van der Waals surface area (Å²) in [5.74, 6) is -0.812. The van der Waals surface area contributed by atoms with Gasteiger partial charge in [-0.1, -0.05) is 25.4 Å². The molecule has 6 nitrogen and oxygen atoms in total. The third-order valence-electron chi connectivity index (χ3n) is 2.64. The first-order valence-corrected chi connectivity index (χ1v) is 6.54. The molecule has 0 aromatic heterocycles. The maximum absolute atomic E-state index is 11.1. The smallest absolute Gasteiger partial charge is 0.339 e. The second-order valence-corrected chi connectivity index (χ2v) is 5.16. The summed E-state index contributed by atoms with van der Waals surface area (Å²) in [6.45, 7) is 4.46. The number of nitro groups is 1. The largest absolute Gasteiger partial charge is 0.491 e. The third-order valence-corrected chi connectivity index (χ3v) is 2.92. The number of ether oxygens (including phenoxy) is 1. The molecule has 0 saturated carbocycles. The molecule has 0 unspecified atom stereocenters. The number of non-ortho nitro benzene ring substituents is 1. The maximum atomic E-state index is 11.1. The van der Waals surface area contributed by atoms with Crippen LogP contribution in [0.5, 0.6) is 5.75 Å². The molecule has 1 N–H and O–H groups in total. The third kappa shape index (κ3) is 4.38. The van der Waals surface area contributed by atoms with Crippen molar-refractivity contribution >= 4 is 23.3 Å². The molecule has 0 aliphatic heterocycles. The zero-order chi connectivity index (χ0) is 15.3. The predicted octanol–water partition coefficient (Wildman–Crippen LogP) is 3.76. The number of carboxylic acids is 1. The van der Waals surface area contributed by atoms with Crippen molar-refractivity contribution in [1.29, 1.82) is 0 Å². The molecule has 0 aliphatic carbocycles. The van der Waals surface area contributed by atoms with Crippen LogP contribution >= 0.6 is 11.6 Å². The first kappa shape index (κ1) is 16.2. The van der Waals surface area contributed by atoms with Gasteiger partial charge in [-0.05, 0) is 18.8 Å². The van der Waals surface area contributed by atoms with Gasteiger partial charge < -0.3 is 9.84 Å². The first-order valence-electron chi connectivity index (χ1n) is 6.17. The van der Waals surface area contributed by atoms with Gasteiger partial charge in [-0.15, -0.1) is 0 Å². The number of benzene rings is 1. The van der Waals surface area contributed by atoms with Gasteiger partial charge in [0.1, 0.15) is 5.56 Å². The van der Waals surface area contributed by atoms with Crippen LogP contribution in [0, 0.1) is 16.0 Å². The van der Waals surface area contributed by atoms with Crippen LogP contribution in [0.3, 0.4) is 0 Å². The lowest BCUT2D eigenvalue weighted by molar-refractivity contribution is -0.384. The van der Waals surface area contributed by atoms with Crippen molar-refractivity contribution in [2.45, 2.75) is 26.7 Å². The topological polar surface area (TPSA) is 89.7 Å². The highest BCUT2D eigenvalue weighted by atomic mass is 35.5. The van der Waals surface area contributed by atoms with E-state index in [2.05, 4.69) is 13.8 Å². The minimum atomic E-state index is -1.31. The summed E-state index contributed by atoms with van der Waals surface area (Å²) in [6.07, 6.45) is 1.69. The molecule has 7 heteroatoms. The van der Waals surface area contributed by atoms with Gasteiger partial charge in [0.05, 0.1) is 16.6 Å². The second kappa shape index (κ2) is 7.09. The molecule has 0 aliphatic rings. The zero-order valence-electron chi connectivity index (χ0n) is 11.3. The Kier molecular flexibility index (Phi) is 5.76.